The topological polar surface area (TPSA) is 79.2 Å². The van der Waals surface area contributed by atoms with Crippen LogP contribution < -0.4 is 10.5 Å². The second kappa shape index (κ2) is 4.41. The van der Waals surface area contributed by atoms with Crippen LogP contribution in [-0.2, 0) is 13.0 Å². The molecule has 4 rings (SSSR count). The van der Waals surface area contributed by atoms with E-state index in [9.17, 15) is 4.79 Å². The average Bonchev–Trinajstić information content (AvgIpc) is 2.95. The van der Waals surface area contributed by atoms with Crippen molar-refractivity contribution >= 4 is 11.3 Å². The lowest BCUT2D eigenvalue weighted by molar-refractivity contribution is 0.683. The van der Waals surface area contributed by atoms with E-state index in [1.165, 1.54) is 0 Å². The molecule has 4 heterocycles. The number of hydrogen-bond acceptors (Lipinski definition) is 5. The zero-order chi connectivity index (χ0) is 14.4. The average molecular weight is 282 g/mol. The van der Waals surface area contributed by atoms with Crippen LogP contribution in [0.2, 0.25) is 0 Å². The minimum Gasteiger partial charge on any atom is -0.350 e. The van der Waals surface area contributed by atoms with E-state index in [0.717, 1.165) is 35.6 Å². The highest BCUT2D eigenvalue weighted by molar-refractivity contribution is 5.68. The molecule has 1 aliphatic rings. The third-order valence-electron chi connectivity index (χ3n) is 3.79. The molecule has 3 aromatic rings. The molecule has 0 bridgehead atoms. The van der Waals surface area contributed by atoms with Crippen LogP contribution in [0, 0.1) is 6.92 Å². The Kier molecular flexibility index (Phi) is 2.53. The van der Waals surface area contributed by atoms with E-state index in [1.807, 2.05) is 19.2 Å². The van der Waals surface area contributed by atoms with Crippen molar-refractivity contribution in [3.8, 4) is 0 Å². The molecule has 0 aromatic carbocycles. The molecule has 0 radical (unpaired) electrons. The SMILES string of the molecule is Cc1nc2c(c(=O)[nH]1)CN(c1nccn3nccc13)CC2. The fourth-order valence-corrected chi connectivity index (χ4v) is 2.82. The maximum absolute atomic E-state index is 12.1. The summed E-state index contributed by atoms with van der Waals surface area (Å²) in [5, 5.41) is 4.22. The van der Waals surface area contributed by atoms with Gasteiger partial charge in [0.15, 0.2) is 5.82 Å². The van der Waals surface area contributed by atoms with Crippen LogP contribution in [-0.4, -0.2) is 31.1 Å². The van der Waals surface area contributed by atoms with Gasteiger partial charge in [-0.15, -0.1) is 0 Å². The first kappa shape index (κ1) is 12.1. The lowest BCUT2D eigenvalue weighted by Crippen LogP contribution is -2.36. The predicted octanol–water partition coefficient (Wildman–Crippen LogP) is 0.684. The number of hydrogen-bond donors (Lipinski definition) is 1. The van der Waals surface area contributed by atoms with Gasteiger partial charge in [-0.3, -0.25) is 4.79 Å². The Morgan fingerprint density at radius 2 is 2.24 bits per heavy atom. The van der Waals surface area contributed by atoms with E-state index in [-0.39, 0.29) is 5.56 Å². The highest BCUT2D eigenvalue weighted by Gasteiger charge is 2.23. The predicted molar refractivity (Wildman–Crippen MR) is 77.3 cm³/mol. The Labute approximate surface area is 120 Å². The number of aryl methyl sites for hydroxylation is 1. The van der Waals surface area contributed by atoms with E-state index in [0.29, 0.717) is 12.4 Å². The van der Waals surface area contributed by atoms with Gasteiger partial charge in [-0.25, -0.2) is 14.5 Å². The molecule has 0 unspecified atom stereocenters. The lowest BCUT2D eigenvalue weighted by atomic mass is 10.1. The molecule has 0 saturated heterocycles. The minimum atomic E-state index is -0.0531. The number of rotatable bonds is 1. The van der Waals surface area contributed by atoms with Gasteiger partial charge in [0.1, 0.15) is 11.3 Å². The van der Waals surface area contributed by atoms with Gasteiger partial charge in [-0.05, 0) is 13.0 Å². The van der Waals surface area contributed by atoms with Crippen molar-refractivity contribution in [2.45, 2.75) is 19.9 Å². The molecular weight excluding hydrogens is 268 g/mol. The van der Waals surface area contributed by atoms with Gasteiger partial charge in [-0.2, -0.15) is 5.10 Å². The van der Waals surface area contributed by atoms with Crippen LogP contribution in [0.5, 0.6) is 0 Å². The zero-order valence-electron chi connectivity index (χ0n) is 11.6. The first-order chi connectivity index (χ1) is 10.2. The monoisotopic (exact) mass is 282 g/mol. The molecule has 0 atom stereocenters. The number of fused-ring (bicyclic) bond motifs is 2. The summed E-state index contributed by atoms with van der Waals surface area (Å²) in [5.74, 6) is 1.52. The number of H-pyrrole nitrogens is 1. The van der Waals surface area contributed by atoms with E-state index in [2.05, 4.69) is 25.0 Å². The molecule has 0 aliphatic carbocycles. The van der Waals surface area contributed by atoms with Crippen LogP contribution in [0.3, 0.4) is 0 Å². The molecule has 3 aromatic heterocycles. The van der Waals surface area contributed by atoms with E-state index in [1.54, 1.807) is 16.9 Å². The maximum Gasteiger partial charge on any atom is 0.256 e. The largest absolute Gasteiger partial charge is 0.350 e. The van der Waals surface area contributed by atoms with Gasteiger partial charge < -0.3 is 9.88 Å². The first-order valence-corrected chi connectivity index (χ1v) is 6.84. The number of aromatic nitrogens is 5. The van der Waals surface area contributed by atoms with Gasteiger partial charge in [-0.1, -0.05) is 0 Å². The number of aromatic amines is 1. The second-order valence-electron chi connectivity index (χ2n) is 5.16. The van der Waals surface area contributed by atoms with Crippen LogP contribution in [0.1, 0.15) is 17.1 Å². The van der Waals surface area contributed by atoms with Crippen molar-refractivity contribution in [2.75, 3.05) is 11.4 Å². The molecule has 21 heavy (non-hydrogen) atoms. The van der Waals surface area contributed by atoms with Crippen molar-refractivity contribution in [3.05, 3.63) is 52.1 Å². The zero-order valence-corrected chi connectivity index (χ0v) is 11.6. The van der Waals surface area contributed by atoms with Crippen molar-refractivity contribution in [1.82, 2.24) is 24.6 Å². The maximum atomic E-state index is 12.1. The summed E-state index contributed by atoms with van der Waals surface area (Å²) in [6, 6.07) is 1.93. The molecular formula is C14H14N6O. The number of anilines is 1. The summed E-state index contributed by atoms with van der Waals surface area (Å²) in [7, 11) is 0. The normalized spacial score (nSPS) is 14.4. The van der Waals surface area contributed by atoms with Crippen molar-refractivity contribution in [1.29, 1.82) is 0 Å². The fraction of sp³-hybridized carbons (Fsp3) is 0.286. The molecule has 7 heteroatoms. The smallest absolute Gasteiger partial charge is 0.256 e. The van der Waals surface area contributed by atoms with Gasteiger partial charge in [0.25, 0.3) is 5.56 Å². The number of nitrogens with zero attached hydrogens (tertiary/aromatic N) is 5. The third-order valence-corrected chi connectivity index (χ3v) is 3.79. The molecule has 106 valence electrons. The molecule has 1 aliphatic heterocycles. The molecule has 1 N–H and O–H groups in total. The molecule has 0 saturated carbocycles. The summed E-state index contributed by atoms with van der Waals surface area (Å²) in [5.41, 5.74) is 2.52. The summed E-state index contributed by atoms with van der Waals surface area (Å²) in [6.45, 7) is 3.12. The molecule has 0 amide bonds. The lowest BCUT2D eigenvalue weighted by Gasteiger charge is -2.28. The Morgan fingerprint density at radius 3 is 3.14 bits per heavy atom. The highest BCUT2D eigenvalue weighted by atomic mass is 16.1. The van der Waals surface area contributed by atoms with Crippen molar-refractivity contribution < 1.29 is 0 Å². The quantitative estimate of drug-likeness (QED) is 0.710. The van der Waals surface area contributed by atoms with Crippen LogP contribution in [0.25, 0.3) is 5.52 Å². The summed E-state index contributed by atoms with van der Waals surface area (Å²) >= 11 is 0. The third kappa shape index (κ3) is 1.89. The summed E-state index contributed by atoms with van der Waals surface area (Å²) in [6.07, 6.45) is 6.03. The van der Waals surface area contributed by atoms with E-state index >= 15 is 0 Å². The Bertz CT molecular complexity index is 881. The fourth-order valence-electron chi connectivity index (χ4n) is 2.82. The van der Waals surface area contributed by atoms with Crippen LogP contribution in [0.4, 0.5) is 5.82 Å². The van der Waals surface area contributed by atoms with Gasteiger partial charge >= 0.3 is 0 Å². The standard InChI is InChI=1S/C14H14N6O/c1-9-17-11-3-6-19(8-10(11)14(21)18-9)13-12-2-4-16-20(12)7-5-15-13/h2,4-5,7H,3,6,8H2,1H3,(H,17,18,21). The Hall–Kier alpha value is -2.70. The summed E-state index contributed by atoms with van der Waals surface area (Å²) < 4.78 is 1.79. The van der Waals surface area contributed by atoms with Crippen LogP contribution in [0.15, 0.2) is 29.5 Å². The van der Waals surface area contributed by atoms with Gasteiger partial charge in [0, 0.05) is 25.4 Å². The Morgan fingerprint density at radius 1 is 1.33 bits per heavy atom. The first-order valence-electron chi connectivity index (χ1n) is 6.84. The van der Waals surface area contributed by atoms with Crippen molar-refractivity contribution in [2.24, 2.45) is 0 Å². The number of nitrogens with one attached hydrogen (secondary N) is 1. The molecule has 0 spiro atoms. The van der Waals surface area contributed by atoms with Gasteiger partial charge in [0.2, 0.25) is 0 Å². The van der Waals surface area contributed by atoms with Gasteiger partial charge in [0.05, 0.1) is 24.0 Å². The summed E-state index contributed by atoms with van der Waals surface area (Å²) in [4.78, 5) is 25.9. The minimum absolute atomic E-state index is 0.0531. The Balaban J connectivity index is 1.79. The molecule has 7 nitrogen and oxygen atoms in total. The van der Waals surface area contributed by atoms with Crippen LogP contribution >= 0.6 is 0 Å². The highest BCUT2D eigenvalue weighted by Crippen LogP contribution is 2.23. The van der Waals surface area contributed by atoms with E-state index < -0.39 is 0 Å². The second-order valence-corrected chi connectivity index (χ2v) is 5.16. The van der Waals surface area contributed by atoms with E-state index in [4.69, 9.17) is 0 Å². The molecule has 0 fully saturated rings. The van der Waals surface area contributed by atoms with Crippen molar-refractivity contribution in [3.63, 3.8) is 0 Å².